The van der Waals surface area contributed by atoms with Crippen LogP contribution in [0, 0.1) is 10.1 Å². The van der Waals surface area contributed by atoms with E-state index in [0.717, 1.165) is 0 Å². The molecule has 1 N–H and O–H groups in total. The van der Waals surface area contributed by atoms with E-state index in [4.69, 9.17) is 4.74 Å². The number of nitro groups is 1. The summed E-state index contributed by atoms with van der Waals surface area (Å²) in [5.41, 5.74) is -2.78. The minimum absolute atomic E-state index is 0.158. The molecule has 0 radical (unpaired) electrons. The smallest absolute Gasteiger partial charge is 0.423 e. The fourth-order valence-electron chi connectivity index (χ4n) is 1.49. The third-order valence-electron chi connectivity index (χ3n) is 2.23. The third-order valence-corrected chi connectivity index (χ3v) is 2.23. The molecule has 0 aliphatic carbocycles. The number of nitrogens with one attached hydrogen (secondary N) is 1. The minimum Gasteiger partial charge on any atom is -0.481 e. The zero-order chi connectivity index (χ0) is 13.5. The molecule has 0 aromatic heterocycles. The normalized spacial score (nSPS) is 14.5. The van der Waals surface area contributed by atoms with Gasteiger partial charge in [-0.3, -0.25) is 14.9 Å². The molecule has 6 nitrogen and oxygen atoms in total. The number of nitrogens with zero attached hydrogens (tertiary/aromatic N) is 1. The Morgan fingerprint density at radius 1 is 1.39 bits per heavy atom. The summed E-state index contributed by atoms with van der Waals surface area (Å²) >= 11 is 0. The number of alkyl halides is 3. The van der Waals surface area contributed by atoms with Gasteiger partial charge in [-0.2, -0.15) is 13.2 Å². The predicted molar refractivity (Wildman–Crippen MR) is 52.2 cm³/mol. The van der Waals surface area contributed by atoms with Crippen LogP contribution in [0.1, 0.15) is 5.56 Å². The monoisotopic (exact) mass is 262 g/mol. The largest absolute Gasteiger partial charge is 0.481 e. The van der Waals surface area contributed by atoms with E-state index >= 15 is 0 Å². The number of nitro benzene ring substituents is 1. The van der Waals surface area contributed by atoms with Crippen LogP contribution in [0.2, 0.25) is 0 Å². The highest BCUT2D eigenvalue weighted by molar-refractivity contribution is 5.95. The van der Waals surface area contributed by atoms with Crippen molar-refractivity contribution in [1.82, 2.24) is 0 Å². The predicted octanol–water partition coefficient (Wildman–Crippen LogP) is 1.94. The first-order chi connectivity index (χ1) is 8.29. The summed E-state index contributed by atoms with van der Waals surface area (Å²) in [7, 11) is 0. The zero-order valence-corrected chi connectivity index (χ0v) is 8.58. The van der Waals surface area contributed by atoms with Gasteiger partial charge in [0.05, 0.1) is 16.7 Å². The summed E-state index contributed by atoms with van der Waals surface area (Å²) in [5, 5.41) is 12.7. The first-order valence-electron chi connectivity index (χ1n) is 4.61. The third kappa shape index (κ3) is 2.06. The van der Waals surface area contributed by atoms with Crippen molar-refractivity contribution in [3.8, 4) is 5.75 Å². The van der Waals surface area contributed by atoms with E-state index in [0.29, 0.717) is 12.1 Å². The van der Waals surface area contributed by atoms with Crippen molar-refractivity contribution in [2.75, 3.05) is 11.9 Å². The van der Waals surface area contributed by atoms with Gasteiger partial charge < -0.3 is 10.1 Å². The lowest BCUT2D eigenvalue weighted by molar-refractivity contribution is -0.388. The lowest BCUT2D eigenvalue weighted by Crippen LogP contribution is -2.26. The molecule has 9 heteroatoms. The van der Waals surface area contributed by atoms with Gasteiger partial charge in [0.2, 0.25) is 0 Å². The highest BCUT2D eigenvalue weighted by Crippen LogP contribution is 2.42. The molecule has 0 saturated heterocycles. The van der Waals surface area contributed by atoms with Crippen molar-refractivity contribution >= 4 is 17.3 Å². The Labute approximate surface area is 97.5 Å². The maximum absolute atomic E-state index is 12.6. The van der Waals surface area contributed by atoms with Crippen LogP contribution in [0.15, 0.2) is 12.1 Å². The van der Waals surface area contributed by atoms with E-state index in [1.165, 1.54) is 0 Å². The van der Waals surface area contributed by atoms with Gasteiger partial charge >= 0.3 is 6.18 Å². The van der Waals surface area contributed by atoms with E-state index in [2.05, 4.69) is 5.32 Å². The van der Waals surface area contributed by atoms with Gasteiger partial charge in [0.25, 0.3) is 11.6 Å². The number of rotatable bonds is 1. The molecule has 0 unspecified atom stereocenters. The molecule has 0 saturated carbocycles. The fourth-order valence-corrected chi connectivity index (χ4v) is 1.49. The van der Waals surface area contributed by atoms with E-state index in [1.807, 2.05) is 0 Å². The average Bonchev–Trinajstić information content (AvgIpc) is 2.25. The highest BCUT2D eigenvalue weighted by atomic mass is 19.4. The second-order valence-corrected chi connectivity index (χ2v) is 3.46. The van der Waals surface area contributed by atoms with Crippen LogP contribution in [0.5, 0.6) is 5.75 Å². The van der Waals surface area contributed by atoms with Gasteiger partial charge in [-0.1, -0.05) is 0 Å². The van der Waals surface area contributed by atoms with Crippen LogP contribution in [-0.4, -0.2) is 17.4 Å². The number of anilines is 1. The van der Waals surface area contributed by atoms with Crippen molar-refractivity contribution in [2.24, 2.45) is 0 Å². The number of hydrogen-bond donors (Lipinski definition) is 1. The van der Waals surface area contributed by atoms with Gasteiger partial charge in [-0.15, -0.1) is 0 Å². The lowest BCUT2D eigenvalue weighted by Gasteiger charge is -2.19. The van der Waals surface area contributed by atoms with Gasteiger partial charge in [-0.05, 0) is 6.07 Å². The van der Waals surface area contributed by atoms with Crippen molar-refractivity contribution in [1.29, 1.82) is 0 Å². The van der Waals surface area contributed by atoms with Gasteiger partial charge in [0.1, 0.15) is 11.3 Å². The van der Waals surface area contributed by atoms with Gasteiger partial charge in [-0.25, -0.2) is 0 Å². The number of ether oxygens (including phenoxy) is 1. The van der Waals surface area contributed by atoms with Gasteiger partial charge in [0, 0.05) is 0 Å². The molecule has 0 fully saturated rings. The molecule has 1 aliphatic heterocycles. The summed E-state index contributed by atoms with van der Waals surface area (Å²) in [5.74, 6) is -0.779. The zero-order valence-electron chi connectivity index (χ0n) is 8.58. The Morgan fingerprint density at radius 3 is 2.61 bits per heavy atom. The molecule has 2 rings (SSSR count). The average molecular weight is 262 g/mol. The minimum atomic E-state index is -4.89. The number of fused-ring (bicyclic) bond motifs is 1. The molecule has 1 aromatic rings. The Bertz CT molecular complexity index is 541. The maximum atomic E-state index is 12.6. The van der Waals surface area contributed by atoms with Crippen LogP contribution < -0.4 is 10.1 Å². The van der Waals surface area contributed by atoms with Crippen molar-refractivity contribution in [2.45, 2.75) is 6.18 Å². The van der Waals surface area contributed by atoms with Crippen LogP contribution in [0.3, 0.4) is 0 Å². The fraction of sp³-hybridized carbons (Fsp3) is 0.222. The standard InChI is InChI=1S/C9H5F3N2O4/c10-9(11,12)4-1-5-7(2-6(4)14(16)17)18-3-8(15)13-5/h1-2H,3H2,(H,13,15). The van der Waals surface area contributed by atoms with E-state index in [1.54, 1.807) is 0 Å². The first-order valence-corrected chi connectivity index (χ1v) is 4.61. The second kappa shape index (κ2) is 3.86. The second-order valence-electron chi connectivity index (χ2n) is 3.46. The van der Waals surface area contributed by atoms with Crippen LogP contribution >= 0.6 is 0 Å². The topological polar surface area (TPSA) is 81.5 Å². The van der Waals surface area contributed by atoms with Crippen molar-refractivity contribution in [3.63, 3.8) is 0 Å². The summed E-state index contributed by atoms with van der Waals surface area (Å²) in [6, 6.07) is 1.14. The van der Waals surface area contributed by atoms with Crippen LogP contribution in [0.4, 0.5) is 24.5 Å². The van der Waals surface area contributed by atoms with E-state index in [9.17, 15) is 28.1 Å². The number of carbonyl (C=O) groups excluding carboxylic acids is 1. The summed E-state index contributed by atoms with van der Waals surface area (Å²) in [6.07, 6.45) is -4.89. The number of benzene rings is 1. The van der Waals surface area contributed by atoms with Gasteiger partial charge in [0.15, 0.2) is 6.61 Å². The Hall–Kier alpha value is -2.32. The van der Waals surface area contributed by atoms with Crippen LogP contribution in [0.25, 0.3) is 0 Å². The number of hydrogen-bond acceptors (Lipinski definition) is 4. The Morgan fingerprint density at radius 2 is 2.06 bits per heavy atom. The quantitative estimate of drug-likeness (QED) is 0.619. The molecular weight excluding hydrogens is 257 g/mol. The molecule has 0 bridgehead atoms. The number of halogens is 3. The van der Waals surface area contributed by atoms with Crippen molar-refractivity contribution in [3.05, 3.63) is 27.8 Å². The van der Waals surface area contributed by atoms with E-state index in [-0.39, 0.29) is 11.4 Å². The molecule has 1 aliphatic rings. The van der Waals surface area contributed by atoms with Crippen LogP contribution in [-0.2, 0) is 11.0 Å². The lowest BCUT2D eigenvalue weighted by atomic mass is 10.1. The van der Waals surface area contributed by atoms with Crippen molar-refractivity contribution < 1.29 is 27.6 Å². The molecule has 0 spiro atoms. The summed E-state index contributed by atoms with van der Waals surface area (Å²) in [6.45, 7) is -0.393. The molecule has 0 atom stereocenters. The maximum Gasteiger partial charge on any atom is 0.423 e. The summed E-state index contributed by atoms with van der Waals surface area (Å²) < 4.78 is 42.7. The molecule has 1 amide bonds. The first kappa shape index (κ1) is 12.1. The summed E-state index contributed by atoms with van der Waals surface area (Å²) in [4.78, 5) is 20.4. The Kier molecular flexibility index (Phi) is 2.60. The highest BCUT2D eigenvalue weighted by Gasteiger charge is 2.40. The molecule has 96 valence electrons. The molecule has 1 aromatic carbocycles. The molecule has 1 heterocycles. The SMILES string of the molecule is O=C1COc2cc([N+](=O)[O-])c(C(F)(F)F)cc2N1. The molecular formula is C9H5F3N2O4. The Balaban J connectivity index is 2.61. The number of carbonyl (C=O) groups is 1. The number of amides is 1. The van der Waals surface area contributed by atoms with E-state index < -0.39 is 34.9 Å². The molecule has 18 heavy (non-hydrogen) atoms.